The summed E-state index contributed by atoms with van der Waals surface area (Å²) in [5, 5.41) is 5.67. The van der Waals surface area contributed by atoms with Crippen LogP contribution in [-0.4, -0.2) is 50.1 Å². The highest BCUT2D eigenvalue weighted by atomic mass is 32.1. The molecule has 1 amide bonds. The number of carbonyl (C=O) groups excluding carboxylic acids is 1. The third kappa shape index (κ3) is 5.83. The summed E-state index contributed by atoms with van der Waals surface area (Å²) in [6.07, 6.45) is 0.678. The van der Waals surface area contributed by atoms with Crippen LogP contribution in [0.1, 0.15) is 42.1 Å². The average molecular weight is 558 g/mol. The Morgan fingerprint density at radius 3 is 2.55 bits per heavy atom. The SMILES string of the molecule is COc1ccc(Cc2csc(NC(=O)C(C)(C)C3c4ccccc4Oc4c(OCCN(C)C)cccc43)n2)cc1. The van der Waals surface area contributed by atoms with Gasteiger partial charge in [0.25, 0.3) is 0 Å². The maximum atomic E-state index is 13.9. The monoisotopic (exact) mass is 557 g/mol. The van der Waals surface area contributed by atoms with Gasteiger partial charge in [-0.25, -0.2) is 4.98 Å². The topological polar surface area (TPSA) is 72.9 Å². The Morgan fingerprint density at radius 2 is 1.80 bits per heavy atom. The zero-order valence-corrected chi connectivity index (χ0v) is 24.4. The van der Waals surface area contributed by atoms with Crippen molar-refractivity contribution < 1.29 is 19.0 Å². The lowest BCUT2D eigenvalue weighted by Gasteiger charge is -2.38. The summed E-state index contributed by atoms with van der Waals surface area (Å²) in [5.41, 5.74) is 3.12. The Kier molecular flexibility index (Phi) is 8.09. The van der Waals surface area contributed by atoms with Crippen molar-refractivity contribution in [3.8, 4) is 23.0 Å². The molecule has 1 unspecified atom stereocenters. The predicted octanol–water partition coefficient (Wildman–Crippen LogP) is 6.59. The van der Waals surface area contributed by atoms with Crippen molar-refractivity contribution in [3.05, 3.63) is 94.5 Å². The van der Waals surface area contributed by atoms with Gasteiger partial charge in [-0.1, -0.05) is 56.3 Å². The van der Waals surface area contributed by atoms with Crippen molar-refractivity contribution in [1.82, 2.24) is 9.88 Å². The number of benzene rings is 3. The second-order valence-electron chi connectivity index (χ2n) is 10.7. The average Bonchev–Trinajstić information content (AvgIpc) is 3.38. The van der Waals surface area contributed by atoms with Crippen LogP contribution in [0.2, 0.25) is 0 Å². The molecule has 3 aromatic carbocycles. The first kappa shape index (κ1) is 27.7. The highest BCUT2D eigenvalue weighted by Gasteiger charge is 2.44. The highest BCUT2D eigenvalue weighted by Crippen LogP contribution is 2.54. The van der Waals surface area contributed by atoms with E-state index in [1.54, 1.807) is 7.11 Å². The predicted molar refractivity (Wildman–Crippen MR) is 159 cm³/mol. The van der Waals surface area contributed by atoms with Gasteiger partial charge in [-0.15, -0.1) is 11.3 Å². The largest absolute Gasteiger partial charge is 0.497 e. The minimum atomic E-state index is -0.821. The first-order chi connectivity index (χ1) is 19.3. The molecule has 0 saturated carbocycles. The van der Waals surface area contributed by atoms with Crippen LogP contribution in [0.5, 0.6) is 23.0 Å². The van der Waals surface area contributed by atoms with Crippen LogP contribution in [0.3, 0.4) is 0 Å². The molecule has 1 aliphatic rings. The van der Waals surface area contributed by atoms with Crippen molar-refractivity contribution in [2.24, 2.45) is 5.41 Å². The van der Waals surface area contributed by atoms with Crippen LogP contribution in [-0.2, 0) is 11.2 Å². The van der Waals surface area contributed by atoms with Crippen LogP contribution in [0.25, 0.3) is 0 Å². The van der Waals surface area contributed by atoms with E-state index in [0.29, 0.717) is 29.7 Å². The highest BCUT2D eigenvalue weighted by molar-refractivity contribution is 7.13. The summed E-state index contributed by atoms with van der Waals surface area (Å²) >= 11 is 1.44. The summed E-state index contributed by atoms with van der Waals surface area (Å²) in [6, 6.07) is 21.8. The molecule has 1 atom stereocenters. The molecule has 0 bridgehead atoms. The summed E-state index contributed by atoms with van der Waals surface area (Å²) in [7, 11) is 5.68. The van der Waals surface area contributed by atoms with Gasteiger partial charge in [-0.05, 0) is 43.9 Å². The van der Waals surface area contributed by atoms with Gasteiger partial charge in [0, 0.05) is 35.4 Å². The van der Waals surface area contributed by atoms with E-state index in [1.165, 1.54) is 11.3 Å². The molecule has 1 aliphatic heterocycles. The smallest absolute Gasteiger partial charge is 0.232 e. The third-order valence-corrected chi connectivity index (χ3v) is 7.99. The maximum Gasteiger partial charge on any atom is 0.232 e. The lowest BCUT2D eigenvalue weighted by molar-refractivity contribution is -0.124. The fourth-order valence-electron chi connectivity index (χ4n) is 4.98. The van der Waals surface area contributed by atoms with E-state index in [4.69, 9.17) is 19.2 Å². The Hall–Kier alpha value is -3.88. The molecule has 0 fully saturated rings. The van der Waals surface area contributed by atoms with E-state index in [9.17, 15) is 4.79 Å². The molecule has 4 aromatic rings. The molecular formula is C32H35N3O4S. The van der Waals surface area contributed by atoms with Gasteiger partial charge >= 0.3 is 0 Å². The van der Waals surface area contributed by atoms with Gasteiger partial charge in [0.2, 0.25) is 5.91 Å². The maximum absolute atomic E-state index is 13.9. The number of hydrogen-bond acceptors (Lipinski definition) is 7. The lowest BCUT2D eigenvalue weighted by Crippen LogP contribution is -2.38. The number of rotatable bonds is 10. The molecule has 8 heteroatoms. The molecule has 2 heterocycles. The molecule has 0 aliphatic carbocycles. The van der Waals surface area contributed by atoms with Crippen molar-refractivity contribution >= 4 is 22.4 Å². The van der Waals surface area contributed by atoms with Crippen molar-refractivity contribution in [2.75, 3.05) is 39.7 Å². The van der Waals surface area contributed by atoms with E-state index in [-0.39, 0.29) is 11.8 Å². The molecule has 1 aromatic heterocycles. The number of nitrogens with zero attached hydrogens (tertiary/aromatic N) is 2. The normalized spacial score (nSPS) is 14.2. The van der Waals surface area contributed by atoms with Gasteiger partial charge in [0.05, 0.1) is 18.2 Å². The number of para-hydroxylation sites is 2. The van der Waals surface area contributed by atoms with Crippen molar-refractivity contribution in [2.45, 2.75) is 26.2 Å². The second kappa shape index (κ2) is 11.7. The standard InChI is InChI=1S/C32H35N3O4S/c1-32(2,30(36)34-31-33-22(20-40-31)19-21-13-15-23(37-5)16-14-21)28-24-9-6-7-11-26(24)39-29-25(28)10-8-12-27(29)38-18-17-35(3)4/h6-16,20,28H,17-19H2,1-5H3,(H,33,34,36). The summed E-state index contributed by atoms with van der Waals surface area (Å²) in [6.45, 7) is 5.27. The molecule has 0 spiro atoms. The molecule has 40 heavy (non-hydrogen) atoms. The zero-order valence-electron chi connectivity index (χ0n) is 23.6. The molecule has 0 saturated heterocycles. The molecular weight excluding hydrogens is 522 g/mol. The van der Waals surface area contributed by atoms with Gasteiger partial charge in [0.1, 0.15) is 18.1 Å². The third-order valence-electron chi connectivity index (χ3n) is 7.18. The molecule has 1 N–H and O–H groups in total. The fraction of sp³-hybridized carbons (Fsp3) is 0.312. The molecule has 5 rings (SSSR count). The van der Waals surface area contributed by atoms with Gasteiger partial charge < -0.3 is 24.4 Å². The minimum absolute atomic E-state index is 0.107. The van der Waals surface area contributed by atoms with E-state index < -0.39 is 5.41 Å². The van der Waals surface area contributed by atoms with Crippen LogP contribution < -0.4 is 19.5 Å². The van der Waals surface area contributed by atoms with E-state index in [0.717, 1.165) is 40.4 Å². The van der Waals surface area contributed by atoms with Gasteiger partial charge in [-0.3, -0.25) is 4.79 Å². The number of thiazole rings is 1. The Labute approximate surface area is 239 Å². The Bertz CT molecular complexity index is 1480. The summed E-state index contributed by atoms with van der Waals surface area (Å²) in [5.74, 6) is 2.55. The van der Waals surface area contributed by atoms with Crippen LogP contribution >= 0.6 is 11.3 Å². The number of nitrogens with one attached hydrogen (secondary N) is 1. The first-order valence-electron chi connectivity index (χ1n) is 13.3. The first-order valence-corrected chi connectivity index (χ1v) is 14.2. The number of anilines is 1. The summed E-state index contributed by atoms with van der Waals surface area (Å²) < 4.78 is 17.8. The number of methoxy groups -OCH3 is 1. The molecule has 7 nitrogen and oxygen atoms in total. The summed E-state index contributed by atoms with van der Waals surface area (Å²) in [4.78, 5) is 20.7. The molecule has 0 radical (unpaired) electrons. The number of carbonyl (C=O) groups is 1. The van der Waals surface area contributed by atoms with E-state index >= 15 is 0 Å². The van der Waals surface area contributed by atoms with Crippen molar-refractivity contribution in [1.29, 1.82) is 0 Å². The van der Waals surface area contributed by atoms with Crippen LogP contribution in [0.4, 0.5) is 5.13 Å². The number of ether oxygens (including phenoxy) is 3. The fourth-order valence-corrected chi connectivity index (χ4v) is 5.68. The minimum Gasteiger partial charge on any atom is -0.497 e. The Morgan fingerprint density at radius 1 is 1.05 bits per heavy atom. The van der Waals surface area contributed by atoms with Crippen LogP contribution in [0.15, 0.2) is 72.1 Å². The quantitative estimate of drug-likeness (QED) is 0.237. The number of hydrogen-bond donors (Lipinski definition) is 1. The number of fused-ring (bicyclic) bond motifs is 2. The number of aromatic nitrogens is 1. The van der Waals surface area contributed by atoms with Gasteiger partial charge in [0.15, 0.2) is 16.6 Å². The second-order valence-corrected chi connectivity index (χ2v) is 11.6. The number of amides is 1. The van der Waals surface area contributed by atoms with E-state index in [2.05, 4.69) is 10.2 Å². The van der Waals surface area contributed by atoms with Crippen LogP contribution in [0, 0.1) is 5.41 Å². The van der Waals surface area contributed by atoms with E-state index in [1.807, 2.05) is 100 Å². The van der Waals surface area contributed by atoms with Gasteiger partial charge in [-0.2, -0.15) is 0 Å². The number of likely N-dealkylation sites (N-methyl/N-ethyl adjacent to an activating group) is 1. The Balaban J connectivity index is 1.39. The zero-order chi connectivity index (χ0) is 28.3. The van der Waals surface area contributed by atoms with Crippen molar-refractivity contribution in [3.63, 3.8) is 0 Å². The molecule has 208 valence electrons. The lowest BCUT2D eigenvalue weighted by atomic mass is 9.69.